The van der Waals surface area contributed by atoms with Crippen molar-refractivity contribution in [3.8, 4) is 0 Å². The van der Waals surface area contributed by atoms with E-state index in [1.807, 2.05) is 13.8 Å². The van der Waals surface area contributed by atoms with Crippen molar-refractivity contribution in [1.29, 1.82) is 0 Å². The van der Waals surface area contributed by atoms with E-state index in [9.17, 15) is 5.11 Å². The van der Waals surface area contributed by atoms with Crippen LogP contribution in [0.5, 0.6) is 0 Å². The zero-order valence-corrected chi connectivity index (χ0v) is 9.42. The highest BCUT2D eigenvalue weighted by Crippen LogP contribution is 2.06. The average molecular weight is 200 g/mol. The Hall–Kier alpha value is -0.120. The summed E-state index contributed by atoms with van der Waals surface area (Å²) in [5.74, 6) is 0.349. The lowest BCUT2D eigenvalue weighted by atomic mass is 10.0. The summed E-state index contributed by atoms with van der Waals surface area (Å²) in [6.07, 6.45) is 3.71. The van der Waals surface area contributed by atoms with Crippen LogP contribution >= 0.6 is 0 Å². The van der Waals surface area contributed by atoms with Crippen molar-refractivity contribution < 1.29 is 5.11 Å². The standard InChI is InChI=1S/C11H24N2O/c1-9(2)11(14)8-12-7-10-5-3-4-6-13-10/h9-14H,3-8H2,1-2H3. The van der Waals surface area contributed by atoms with Crippen LogP contribution in [0.2, 0.25) is 0 Å². The Morgan fingerprint density at radius 1 is 1.43 bits per heavy atom. The van der Waals surface area contributed by atoms with Crippen molar-refractivity contribution in [3.05, 3.63) is 0 Å². The maximum Gasteiger partial charge on any atom is 0.0687 e. The summed E-state index contributed by atoms with van der Waals surface area (Å²) < 4.78 is 0. The van der Waals surface area contributed by atoms with Gasteiger partial charge in [-0.05, 0) is 25.3 Å². The van der Waals surface area contributed by atoms with Gasteiger partial charge in [0.15, 0.2) is 0 Å². The third-order valence-electron chi connectivity index (χ3n) is 2.93. The summed E-state index contributed by atoms with van der Waals surface area (Å²) in [4.78, 5) is 0. The molecule has 84 valence electrons. The maximum atomic E-state index is 9.57. The second-order valence-electron chi connectivity index (χ2n) is 4.62. The Morgan fingerprint density at radius 2 is 2.21 bits per heavy atom. The molecular formula is C11H24N2O. The van der Waals surface area contributed by atoms with Crippen molar-refractivity contribution in [3.63, 3.8) is 0 Å². The first-order valence-electron chi connectivity index (χ1n) is 5.82. The largest absolute Gasteiger partial charge is 0.392 e. The molecule has 0 saturated carbocycles. The number of hydrogen-bond acceptors (Lipinski definition) is 3. The van der Waals surface area contributed by atoms with Gasteiger partial charge in [-0.15, -0.1) is 0 Å². The Labute approximate surface area is 87.3 Å². The maximum absolute atomic E-state index is 9.57. The molecule has 2 atom stereocenters. The first kappa shape index (κ1) is 12.0. The fraction of sp³-hybridized carbons (Fsp3) is 1.00. The lowest BCUT2D eigenvalue weighted by molar-refractivity contribution is 0.122. The van der Waals surface area contributed by atoms with Crippen LogP contribution in [0.4, 0.5) is 0 Å². The highest BCUT2D eigenvalue weighted by Gasteiger charge is 2.13. The molecule has 0 radical (unpaired) electrons. The summed E-state index contributed by atoms with van der Waals surface area (Å²) >= 11 is 0. The number of nitrogens with one attached hydrogen (secondary N) is 2. The first-order valence-corrected chi connectivity index (χ1v) is 5.82. The summed E-state index contributed by atoms with van der Waals surface area (Å²) in [6.45, 7) is 6.95. The smallest absolute Gasteiger partial charge is 0.0687 e. The zero-order valence-electron chi connectivity index (χ0n) is 9.42. The minimum absolute atomic E-state index is 0.210. The molecule has 0 aliphatic carbocycles. The van der Waals surface area contributed by atoms with E-state index in [0.717, 1.165) is 19.6 Å². The number of aliphatic hydroxyl groups excluding tert-OH is 1. The molecule has 2 unspecified atom stereocenters. The molecule has 1 rings (SSSR count). The third-order valence-corrected chi connectivity index (χ3v) is 2.93. The van der Waals surface area contributed by atoms with Crippen molar-refractivity contribution in [1.82, 2.24) is 10.6 Å². The Balaban J connectivity index is 2.02. The molecule has 1 saturated heterocycles. The number of piperidine rings is 1. The SMILES string of the molecule is CC(C)C(O)CNCC1CCCCN1. The molecule has 1 fully saturated rings. The Bertz CT molecular complexity index is 144. The normalized spacial score (nSPS) is 25.3. The fourth-order valence-corrected chi connectivity index (χ4v) is 1.74. The second-order valence-corrected chi connectivity index (χ2v) is 4.62. The molecule has 1 aliphatic rings. The quantitative estimate of drug-likeness (QED) is 0.613. The van der Waals surface area contributed by atoms with Crippen LogP contribution in [-0.4, -0.2) is 36.9 Å². The molecule has 14 heavy (non-hydrogen) atoms. The molecule has 0 aromatic heterocycles. The van der Waals surface area contributed by atoms with Crippen LogP contribution in [-0.2, 0) is 0 Å². The summed E-state index contributed by atoms with van der Waals surface area (Å²) in [5, 5.41) is 16.4. The molecule has 0 amide bonds. The van der Waals surface area contributed by atoms with E-state index < -0.39 is 0 Å². The van der Waals surface area contributed by atoms with Gasteiger partial charge in [0.05, 0.1) is 6.10 Å². The van der Waals surface area contributed by atoms with Crippen molar-refractivity contribution in [2.75, 3.05) is 19.6 Å². The lowest BCUT2D eigenvalue weighted by Gasteiger charge is -2.24. The first-order chi connectivity index (χ1) is 6.70. The van der Waals surface area contributed by atoms with E-state index >= 15 is 0 Å². The van der Waals surface area contributed by atoms with Gasteiger partial charge in [0, 0.05) is 19.1 Å². The van der Waals surface area contributed by atoms with E-state index in [-0.39, 0.29) is 6.10 Å². The van der Waals surface area contributed by atoms with Gasteiger partial charge in [0.25, 0.3) is 0 Å². The van der Waals surface area contributed by atoms with E-state index in [2.05, 4.69) is 10.6 Å². The van der Waals surface area contributed by atoms with Gasteiger partial charge in [-0.3, -0.25) is 0 Å². The molecule has 3 nitrogen and oxygen atoms in total. The van der Waals surface area contributed by atoms with Crippen LogP contribution in [0, 0.1) is 5.92 Å². The van der Waals surface area contributed by atoms with Crippen LogP contribution in [0.3, 0.4) is 0 Å². The molecule has 0 spiro atoms. The van der Waals surface area contributed by atoms with E-state index in [1.165, 1.54) is 19.3 Å². The van der Waals surface area contributed by atoms with Gasteiger partial charge in [-0.2, -0.15) is 0 Å². The Kier molecular flexibility index (Phi) is 5.45. The van der Waals surface area contributed by atoms with Gasteiger partial charge in [0.2, 0.25) is 0 Å². The van der Waals surface area contributed by atoms with E-state index in [0.29, 0.717) is 12.0 Å². The molecule has 3 heteroatoms. The van der Waals surface area contributed by atoms with Crippen LogP contribution < -0.4 is 10.6 Å². The predicted molar refractivity (Wildman–Crippen MR) is 59.4 cm³/mol. The average Bonchev–Trinajstić information content (AvgIpc) is 2.19. The minimum Gasteiger partial charge on any atom is -0.392 e. The molecule has 0 bridgehead atoms. The van der Waals surface area contributed by atoms with Gasteiger partial charge in [0.1, 0.15) is 0 Å². The van der Waals surface area contributed by atoms with Gasteiger partial charge in [-0.1, -0.05) is 20.3 Å². The molecule has 0 aromatic carbocycles. The number of hydrogen-bond donors (Lipinski definition) is 3. The predicted octanol–water partition coefficient (Wildman–Crippen LogP) is 0.735. The van der Waals surface area contributed by atoms with Crippen LogP contribution in [0.1, 0.15) is 33.1 Å². The van der Waals surface area contributed by atoms with E-state index in [4.69, 9.17) is 0 Å². The molecule has 1 heterocycles. The molecule has 0 aromatic rings. The van der Waals surface area contributed by atoms with Crippen molar-refractivity contribution in [2.24, 2.45) is 5.92 Å². The molecular weight excluding hydrogens is 176 g/mol. The molecule has 1 aliphatic heterocycles. The van der Waals surface area contributed by atoms with Gasteiger partial charge >= 0.3 is 0 Å². The Morgan fingerprint density at radius 3 is 2.79 bits per heavy atom. The second kappa shape index (κ2) is 6.38. The van der Waals surface area contributed by atoms with Gasteiger partial charge in [-0.25, -0.2) is 0 Å². The third kappa shape index (κ3) is 4.40. The van der Waals surface area contributed by atoms with Gasteiger partial charge < -0.3 is 15.7 Å². The fourth-order valence-electron chi connectivity index (χ4n) is 1.74. The highest BCUT2D eigenvalue weighted by atomic mass is 16.3. The summed E-state index contributed by atoms with van der Waals surface area (Å²) in [5.41, 5.74) is 0. The van der Waals surface area contributed by atoms with Crippen molar-refractivity contribution in [2.45, 2.75) is 45.3 Å². The zero-order chi connectivity index (χ0) is 10.4. The van der Waals surface area contributed by atoms with Crippen molar-refractivity contribution >= 4 is 0 Å². The number of rotatable bonds is 5. The summed E-state index contributed by atoms with van der Waals surface area (Å²) in [7, 11) is 0. The number of aliphatic hydroxyl groups is 1. The summed E-state index contributed by atoms with van der Waals surface area (Å²) in [6, 6.07) is 0.614. The van der Waals surface area contributed by atoms with Crippen LogP contribution in [0.15, 0.2) is 0 Å². The topological polar surface area (TPSA) is 44.3 Å². The monoisotopic (exact) mass is 200 g/mol. The van der Waals surface area contributed by atoms with Crippen LogP contribution in [0.25, 0.3) is 0 Å². The highest BCUT2D eigenvalue weighted by molar-refractivity contribution is 4.75. The lowest BCUT2D eigenvalue weighted by Crippen LogP contribution is -2.44. The van der Waals surface area contributed by atoms with E-state index in [1.54, 1.807) is 0 Å². The minimum atomic E-state index is -0.210. The molecule has 3 N–H and O–H groups in total.